The predicted molar refractivity (Wildman–Crippen MR) is 155 cm³/mol. The van der Waals surface area contributed by atoms with E-state index >= 15 is 0 Å². The van der Waals surface area contributed by atoms with Crippen molar-refractivity contribution in [1.29, 1.82) is 0 Å². The Morgan fingerprint density at radius 2 is 1.81 bits per heavy atom. The Kier molecular flexibility index (Phi) is 10.6. The first-order valence-electron chi connectivity index (χ1n) is 11.4. The molecule has 0 radical (unpaired) electrons. The third-order valence-electron chi connectivity index (χ3n) is 5.34. The minimum absolute atomic E-state index is 0.159. The van der Waals surface area contributed by atoms with Gasteiger partial charge in [0.25, 0.3) is 5.91 Å². The Hall–Kier alpha value is -3.05. The Labute approximate surface area is 227 Å². The fourth-order valence-corrected chi connectivity index (χ4v) is 4.94. The first kappa shape index (κ1) is 27.5. The number of allylic oxidation sites excluding steroid dienone is 4. The Balaban J connectivity index is 0.00000176. The molecule has 0 bridgehead atoms. The number of rotatable bonds is 7. The lowest BCUT2D eigenvalue weighted by atomic mass is 10.0. The van der Waals surface area contributed by atoms with Gasteiger partial charge in [0.05, 0.1) is 11.4 Å². The van der Waals surface area contributed by atoms with Crippen molar-refractivity contribution in [3.05, 3.63) is 125 Å². The van der Waals surface area contributed by atoms with Crippen molar-refractivity contribution in [2.24, 2.45) is 4.99 Å². The molecule has 184 valence electrons. The summed E-state index contributed by atoms with van der Waals surface area (Å²) in [7, 11) is 0. The lowest BCUT2D eigenvalue weighted by Crippen LogP contribution is -2.22. The van der Waals surface area contributed by atoms with E-state index in [4.69, 9.17) is 28.2 Å². The van der Waals surface area contributed by atoms with Crippen LogP contribution in [0.5, 0.6) is 0 Å². The monoisotopic (exact) mass is 534 g/mol. The number of carbonyl (C=O) groups excluding carboxylic acids is 1. The van der Waals surface area contributed by atoms with Crippen LogP contribution in [0.15, 0.2) is 118 Å². The first-order valence-corrected chi connectivity index (χ1v) is 13.2. The van der Waals surface area contributed by atoms with Crippen LogP contribution in [0.4, 0.5) is 5.69 Å². The van der Waals surface area contributed by atoms with Crippen LogP contribution in [0.2, 0.25) is 5.02 Å². The smallest absolute Gasteiger partial charge is 0.251 e. The van der Waals surface area contributed by atoms with Gasteiger partial charge in [0.1, 0.15) is 0 Å². The van der Waals surface area contributed by atoms with Gasteiger partial charge in [0.15, 0.2) is 0 Å². The SMILES string of the molecule is C/C(=C\C=C/CCl)CC1=Nc2cc(C(=O)NCc3ccccc3Cl)ccc2Sc2ccccc21.C=C. The number of hydrogen-bond acceptors (Lipinski definition) is 3. The van der Waals surface area contributed by atoms with Gasteiger partial charge < -0.3 is 5.32 Å². The summed E-state index contributed by atoms with van der Waals surface area (Å²) in [6.45, 7) is 8.45. The number of fused-ring (bicyclic) bond motifs is 2. The fraction of sp³-hybridized carbons (Fsp3) is 0.133. The van der Waals surface area contributed by atoms with Gasteiger partial charge in [-0.25, -0.2) is 0 Å². The molecule has 3 aromatic carbocycles. The Bertz CT molecular complexity index is 1310. The molecule has 0 atom stereocenters. The molecule has 0 saturated heterocycles. The second-order valence-electron chi connectivity index (χ2n) is 7.89. The molecule has 6 heteroatoms. The molecule has 3 nitrogen and oxygen atoms in total. The van der Waals surface area contributed by atoms with E-state index < -0.39 is 0 Å². The molecule has 1 heterocycles. The molecule has 0 fully saturated rings. The zero-order chi connectivity index (χ0) is 25.9. The van der Waals surface area contributed by atoms with E-state index in [0.717, 1.165) is 32.3 Å². The van der Waals surface area contributed by atoms with Gasteiger partial charge in [0, 0.05) is 44.8 Å². The minimum Gasteiger partial charge on any atom is -0.348 e. The van der Waals surface area contributed by atoms with Crippen molar-refractivity contribution in [3.63, 3.8) is 0 Å². The van der Waals surface area contributed by atoms with Crippen LogP contribution < -0.4 is 5.32 Å². The summed E-state index contributed by atoms with van der Waals surface area (Å²) >= 11 is 13.6. The molecule has 4 rings (SSSR count). The number of benzene rings is 3. The highest BCUT2D eigenvalue weighted by Gasteiger charge is 2.19. The molecule has 1 aliphatic rings. The lowest BCUT2D eigenvalue weighted by molar-refractivity contribution is 0.0951. The quantitative estimate of drug-likeness (QED) is 0.187. The third kappa shape index (κ3) is 7.23. The normalized spacial score (nSPS) is 12.5. The van der Waals surface area contributed by atoms with Gasteiger partial charge in [-0.15, -0.1) is 24.8 Å². The molecule has 1 aliphatic heterocycles. The van der Waals surface area contributed by atoms with E-state index in [1.54, 1.807) is 11.8 Å². The molecular formula is C30H28Cl2N2OS. The number of nitrogens with one attached hydrogen (secondary N) is 1. The summed E-state index contributed by atoms with van der Waals surface area (Å²) in [5.74, 6) is 0.326. The molecule has 0 spiro atoms. The zero-order valence-corrected chi connectivity index (χ0v) is 22.5. The van der Waals surface area contributed by atoms with Crippen molar-refractivity contribution in [1.82, 2.24) is 5.32 Å². The van der Waals surface area contributed by atoms with Gasteiger partial charge in [0.2, 0.25) is 0 Å². The third-order valence-corrected chi connectivity index (χ3v) is 7.03. The van der Waals surface area contributed by atoms with Crippen LogP contribution in [0.3, 0.4) is 0 Å². The van der Waals surface area contributed by atoms with Crippen molar-refractivity contribution in [2.75, 3.05) is 5.88 Å². The number of halogens is 2. The number of hydrogen-bond donors (Lipinski definition) is 1. The lowest BCUT2D eigenvalue weighted by Gasteiger charge is -2.09. The predicted octanol–water partition coefficient (Wildman–Crippen LogP) is 8.79. The van der Waals surface area contributed by atoms with Crippen LogP contribution in [0.25, 0.3) is 0 Å². The highest BCUT2D eigenvalue weighted by Crippen LogP contribution is 2.41. The summed E-state index contributed by atoms with van der Waals surface area (Å²) in [6.07, 6.45) is 6.64. The molecule has 1 amide bonds. The van der Waals surface area contributed by atoms with Crippen LogP contribution in [-0.2, 0) is 6.54 Å². The van der Waals surface area contributed by atoms with Crippen molar-refractivity contribution >= 4 is 52.3 Å². The van der Waals surface area contributed by atoms with E-state index in [-0.39, 0.29) is 5.91 Å². The molecular weight excluding hydrogens is 507 g/mol. The van der Waals surface area contributed by atoms with Crippen LogP contribution >= 0.6 is 35.0 Å². The fourth-order valence-electron chi connectivity index (χ4n) is 3.61. The van der Waals surface area contributed by atoms with Crippen LogP contribution in [0.1, 0.15) is 34.8 Å². The topological polar surface area (TPSA) is 41.5 Å². The second kappa shape index (κ2) is 13.9. The molecule has 0 aromatic heterocycles. The van der Waals surface area contributed by atoms with Crippen molar-refractivity contribution in [2.45, 2.75) is 29.7 Å². The molecule has 0 aliphatic carbocycles. The maximum atomic E-state index is 12.9. The van der Waals surface area contributed by atoms with E-state index in [9.17, 15) is 4.79 Å². The Morgan fingerprint density at radius 1 is 1.06 bits per heavy atom. The van der Waals surface area contributed by atoms with Crippen molar-refractivity contribution < 1.29 is 4.79 Å². The molecule has 0 unspecified atom stereocenters. The standard InChI is InChI=1S/C28H24Cl2N2OS.C2H4/c1-19(8-6-7-15-29)16-24-22-10-3-5-12-26(22)34-27-14-13-20(17-25(27)32-24)28(33)31-18-21-9-2-4-11-23(21)30;1-2/h2-14,17H,15-16,18H2,1H3,(H,31,33);1-2H2/b7-6-,19-8+;. The summed E-state index contributed by atoms with van der Waals surface area (Å²) in [4.78, 5) is 20.1. The average Bonchev–Trinajstić information content (AvgIpc) is 3.05. The molecule has 0 saturated carbocycles. The number of amides is 1. The van der Waals surface area contributed by atoms with E-state index in [2.05, 4.69) is 43.6 Å². The minimum atomic E-state index is -0.159. The molecule has 36 heavy (non-hydrogen) atoms. The van der Waals surface area contributed by atoms with Gasteiger partial charge in [-0.3, -0.25) is 9.79 Å². The maximum Gasteiger partial charge on any atom is 0.251 e. The number of nitrogens with zero attached hydrogens (tertiary/aromatic N) is 1. The van der Waals surface area contributed by atoms with E-state index in [1.807, 2.05) is 66.7 Å². The first-order chi connectivity index (χ1) is 17.5. The van der Waals surface area contributed by atoms with Gasteiger partial charge in [-0.1, -0.05) is 83.6 Å². The van der Waals surface area contributed by atoms with Gasteiger partial charge in [-0.2, -0.15) is 0 Å². The van der Waals surface area contributed by atoms with E-state index in [0.29, 0.717) is 29.4 Å². The highest BCUT2D eigenvalue weighted by atomic mass is 35.5. The maximum absolute atomic E-state index is 12.9. The van der Waals surface area contributed by atoms with Crippen LogP contribution in [-0.4, -0.2) is 17.5 Å². The Morgan fingerprint density at radius 3 is 2.58 bits per heavy atom. The second-order valence-corrected chi connectivity index (χ2v) is 9.69. The molecule has 1 N–H and O–H groups in total. The van der Waals surface area contributed by atoms with Crippen molar-refractivity contribution in [3.8, 4) is 0 Å². The average molecular weight is 536 g/mol. The van der Waals surface area contributed by atoms with Crippen LogP contribution in [0, 0.1) is 0 Å². The summed E-state index contributed by atoms with van der Waals surface area (Å²) < 4.78 is 0. The van der Waals surface area contributed by atoms with Gasteiger partial charge in [-0.05, 0) is 42.8 Å². The highest BCUT2D eigenvalue weighted by molar-refractivity contribution is 7.99. The zero-order valence-electron chi connectivity index (χ0n) is 20.1. The summed E-state index contributed by atoms with van der Waals surface area (Å²) in [6, 6.07) is 21.5. The van der Waals surface area contributed by atoms with Gasteiger partial charge >= 0.3 is 0 Å². The summed E-state index contributed by atoms with van der Waals surface area (Å²) in [5, 5.41) is 3.60. The summed E-state index contributed by atoms with van der Waals surface area (Å²) in [5.41, 5.74) is 5.51. The molecule has 3 aromatic rings. The largest absolute Gasteiger partial charge is 0.348 e. The number of alkyl halides is 1. The number of aliphatic imine (C=N–C) groups is 1. The number of carbonyl (C=O) groups is 1. The van der Waals surface area contributed by atoms with E-state index in [1.165, 1.54) is 5.57 Å².